The van der Waals surface area contributed by atoms with Crippen molar-refractivity contribution in [2.45, 2.75) is 70.9 Å². The molecule has 34 heavy (non-hydrogen) atoms. The van der Waals surface area contributed by atoms with Gasteiger partial charge < -0.3 is 10.1 Å². The van der Waals surface area contributed by atoms with E-state index in [1.54, 1.807) is 23.6 Å². The number of para-hydroxylation sites is 2. The molecule has 1 fully saturated rings. The van der Waals surface area contributed by atoms with E-state index < -0.39 is 12.1 Å². The number of hydrogen-bond acceptors (Lipinski definition) is 5. The lowest BCUT2D eigenvalue weighted by molar-refractivity contribution is -0.153. The van der Waals surface area contributed by atoms with Gasteiger partial charge in [-0.15, -0.1) is 0 Å². The lowest BCUT2D eigenvalue weighted by Crippen LogP contribution is -2.31. The summed E-state index contributed by atoms with van der Waals surface area (Å²) in [7, 11) is 0. The zero-order valence-electron chi connectivity index (χ0n) is 19.9. The summed E-state index contributed by atoms with van der Waals surface area (Å²) in [5.41, 5.74) is 2.35. The number of benzene rings is 2. The van der Waals surface area contributed by atoms with Crippen molar-refractivity contribution >= 4 is 28.5 Å². The zero-order valence-corrected chi connectivity index (χ0v) is 19.9. The highest BCUT2D eigenvalue weighted by atomic mass is 16.5. The van der Waals surface area contributed by atoms with Gasteiger partial charge in [-0.05, 0) is 55.9 Å². The van der Waals surface area contributed by atoms with Crippen LogP contribution in [0.15, 0.2) is 53.3 Å². The van der Waals surface area contributed by atoms with Crippen LogP contribution >= 0.6 is 0 Å². The van der Waals surface area contributed by atoms with E-state index >= 15 is 0 Å². The molecule has 1 saturated carbocycles. The van der Waals surface area contributed by atoms with E-state index in [2.05, 4.69) is 24.1 Å². The summed E-state index contributed by atoms with van der Waals surface area (Å²) in [4.78, 5) is 42.8. The fraction of sp³-hybridized carbons (Fsp3) is 0.407. The number of hydrogen-bond donors (Lipinski definition) is 1. The van der Waals surface area contributed by atoms with Crippen LogP contribution in [0.2, 0.25) is 0 Å². The summed E-state index contributed by atoms with van der Waals surface area (Å²) in [5.74, 6) is 0.0149. The monoisotopic (exact) mass is 461 g/mol. The molecule has 0 aliphatic heterocycles. The van der Waals surface area contributed by atoms with Gasteiger partial charge in [0.1, 0.15) is 5.82 Å². The first-order chi connectivity index (χ1) is 16.4. The first-order valence-corrected chi connectivity index (χ1v) is 12.0. The lowest BCUT2D eigenvalue weighted by Gasteiger charge is -2.18. The number of carbonyl (C=O) groups excluding carboxylic acids is 2. The van der Waals surface area contributed by atoms with Gasteiger partial charge in [-0.25, -0.2) is 4.98 Å². The average molecular weight is 462 g/mol. The van der Waals surface area contributed by atoms with Gasteiger partial charge in [0, 0.05) is 18.2 Å². The Kier molecular flexibility index (Phi) is 7.10. The van der Waals surface area contributed by atoms with Crippen molar-refractivity contribution in [3.8, 4) is 0 Å². The molecule has 1 N–H and O–H groups in total. The molecular weight excluding hydrogens is 430 g/mol. The first-order valence-electron chi connectivity index (χ1n) is 12.0. The summed E-state index contributed by atoms with van der Waals surface area (Å²) in [5, 5.41) is 3.48. The van der Waals surface area contributed by atoms with Gasteiger partial charge in [-0.2, -0.15) is 0 Å². The van der Waals surface area contributed by atoms with E-state index in [1.165, 1.54) is 0 Å². The third-order valence-electron chi connectivity index (χ3n) is 6.38. The van der Waals surface area contributed by atoms with Gasteiger partial charge in [-0.1, -0.05) is 44.2 Å². The molecule has 0 spiro atoms. The molecule has 1 aliphatic carbocycles. The second-order valence-electron chi connectivity index (χ2n) is 8.97. The van der Waals surface area contributed by atoms with E-state index in [0.717, 1.165) is 30.5 Å². The largest absolute Gasteiger partial charge is 0.453 e. The SMILES string of the molecule is CC[C@@H](C)c1ccccc1NC(=O)[C@H](C)OC(=O)CCc1nc2ccccc2c(=O)n1C1CC1. The maximum atomic E-state index is 13.0. The number of esters is 1. The molecular formula is C27H31N3O4. The second-order valence-corrected chi connectivity index (χ2v) is 8.97. The highest BCUT2D eigenvalue weighted by molar-refractivity contribution is 5.95. The number of rotatable bonds is 9. The van der Waals surface area contributed by atoms with Gasteiger partial charge >= 0.3 is 5.97 Å². The first kappa shape index (κ1) is 23.7. The maximum absolute atomic E-state index is 13.0. The summed E-state index contributed by atoms with van der Waals surface area (Å²) >= 11 is 0. The van der Waals surface area contributed by atoms with Gasteiger partial charge in [0.25, 0.3) is 11.5 Å². The van der Waals surface area contributed by atoms with Crippen LogP contribution in [0.3, 0.4) is 0 Å². The molecule has 2 aromatic carbocycles. The van der Waals surface area contributed by atoms with Gasteiger partial charge in [0.05, 0.1) is 17.3 Å². The van der Waals surface area contributed by atoms with Crippen molar-refractivity contribution < 1.29 is 14.3 Å². The molecule has 0 saturated heterocycles. The third-order valence-corrected chi connectivity index (χ3v) is 6.38. The number of ether oxygens (including phenoxy) is 1. The number of aromatic nitrogens is 2. The third kappa shape index (κ3) is 5.19. The quantitative estimate of drug-likeness (QED) is 0.465. The van der Waals surface area contributed by atoms with Crippen LogP contribution < -0.4 is 10.9 Å². The van der Waals surface area contributed by atoms with Crippen LogP contribution in [-0.2, 0) is 20.7 Å². The van der Waals surface area contributed by atoms with E-state index in [9.17, 15) is 14.4 Å². The van der Waals surface area contributed by atoms with Gasteiger partial charge in [-0.3, -0.25) is 19.0 Å². The Bertz CT molecular complexity index is 1260. The maximum Gasteiger partial charge on any atom is 0.307 e. The van der Waals surface area contributed by atoms with Crippen molar-refractivity contribution in [3.05, 3.63) is 70.3 Å². The van der Waals surface area contributed by atoms with Crippen LogP contribution in [-0.4, -0.2) is 27.5 Å². The molecule has 178 valence electrons. The Labute approximate surface area is 199 Å². The summed E-state index contributed by atoms with van der Waals surface area (Å²) in [6.45, 7) is 5.77. The molecule has 0 unspecified atom stereocenters. The number of nitrogens with zero attached hydrogens (tertiary/aromatic N) is 2. The molecule has 1 aromatic heterocycles. The van der Waals surface area contributed by atoms with Gasteiger partial charge in [0.2, 0.25) is 0 Å². The van der Waals surface area contributed by atoms with Crippen LogP contribution in [0.4, 0.5) is 5.69 Å². The highest BCUT2D eigenvalue weighted by Crippen LogP contribution is 2.35. The molecule has 1 aliphatic rings. The number of carbonyl (C=O) groups is 2. The highest BCUT2D eigenvalue weighted by Gasteiger charge is 2.28. The smallest absolute Gasteiger partial charge is 0.307 e. The van der Waals surface area contributed by atoms with Crippen molar-refractivity contribution in [1.29, 1.82) is 0 Å². The molecule has 3 aromatic rings. The molecule has 1 amide bonds. The second kappa shape index (κ2) is 10.2. The number of aryl methyl sites for hydroxylation is 1. The topological polar surface area (TPSA) is 90.3 Å². The van der Waals surface area contributed by atoms with Crippen LogP contribution in [0.25, 0.3) is 10.9 Å². The van der Waals surface area contributed by atoms with Crippen molar-refractivity contribution in [2.24, 2.45) is 0 Å². The predicted molar refractivity (Wildman–Crippen MR) is 132 cm³/mol. The van der Waals surface area contributed by atoms with Crippen LogP contribution in [0, 0.1) is 0 Å². The molecule has 7 heteroatoms. The van der Waals surface area contributed by atoms with E-state index in [4.69, 9.17) is 4.74 Å². The van der Waals surface area contributed by atoms with E-state index in [-0.39, 0.29) is 30.3 Å². The van der Waals surface area contributed by atoms with E-state index in [0.29, 0.717) is 22.6 Å². The Balaban J connectivity index is 1.40. The molecule has 2 atom stereocenters. The Morgan fingerprint density at radius 1 is 1.12 bits per heavy atom. The van der Waals surface area contributed by atoms with Crippen molar-refractivity contribution in [3.63, 3.8) is 0 Å². The van der Waals surface area contributed by atoms with Crippen molar-refractivity contribution in [2.75, 3.05) is 5.32 Å². The standard InChI is InChI=1S/C27H31N3O4/c1-4-17(2)20-9-5-7-11-22(20)29-26(32)18(3)34-25(31)16-15-24-28-23-12-8-6-10-21(23)27(33)30(24)19-13-14-19/h5-12,17-19H,4,13-16H2,1-3H3,(H,29,32)/t17-,18+/m1/s1. The zero-order chi connectivity index (χ0) is 24.2. The fourth-order valence-corrected chi connectivity index (χ4v) is 4.10. The van der Waals surface area contributed by atoms with Crippen LogP contribution in [0.1, 0.15) is 69.8 Å². The molecule has 7 nitrogen and oxygen atoms in total. The minimum atomic E-state index is -0.937. The number of amides is 1. The minimum absolute atomic E-state index is 0.0403. The Hall–Kier alpha value is -3.48. The van der Waals surface area contributed by atoms with Crippen LogP contribution in [0.5, 0.6) is 0 Å². The molecule has 4 rings (SSSR count). The number of fused-ring (bicyclic) bond motifs is 1. The van der Waals surface area contributed by atoms with Crippen molar-refractivity contribution in [1.82, 2.24) is 9.55 Å². The Morgan fingerprint density at radius 2 is 1.82 bits per heavy atom. The summed E-state index contributed by atoms with van der Waals surface area (Å²) < 4.78 is 7.12. The lowest BCUT2D eigenvalue weighted by atomic mass is 9.97. The molecule has 0 bridgehead atoms. The predicted octanol–water partition coefficient (Wildman–Crippen LogP) is 4.75. The average Bonchev–Trinajstić information content (AvgIpc) is 3.67. The minimum Gasteiger partial charge on any atom is -0.453 e. The Morgan fingerprint density at radius 3 is 2.56 bits per heavy atom. The van der Waals surface area contributed by atoms with E-state index in [1.807, 2.05) is 36.4 Å². The number of nitrogens with one attached hydrogen (secondary N) is 1. The molecule has 0 radical (unpaired) electrons. The molecule has 1 heterocycles. The summed E-state index contributed by atoms with van der Waals surface area (Å²) in [6.07, 6.45) is 2.21. The number of anilines is 1. The fourth-order valence-electron chi connectivity index (χ4n) is 4.10. The normalized spacial score (nSPS) is 15.0. The summed E-state index contributed by atoms with van der Waals surface area (Å²) in [6, 6.07) is 15.1. The van der Waals surface area contributed by atoms with Gasteiger partial charge in [0.15, 0.2) is 6.10 Å².